The van der Waals surface area contributed by atoms with E-state index in [1.165, 1.54) is 31.3 Å². The summed E-state index contributed by atoms with van der Waals surface area (Å²) in [4.78, 5) is 11.8. The van der Waals surface area contributed by atoms with Gasteiger partial charge in [-0.15, -0.1) is 0 Å². The van der Waals surface area contributed by atoms with E-state index in [2.05, 4.69) is 11.4 Å². The monoisotopic (exact) mass is 288 g/mol. The van der Waals surface area contributed by atoms with Crippen molar-refractivity contribution in [1.82, 2.24) is 5.32 Å². The van der Waals surface area contributed by atoms with Gasteiger partial charge in [0.25, 0.3) is 5.91 Å². The molecule has 1 aromatic rings. The molecular formula is C17H24N2O2. The summed E-state index contributed by atoms with van der Waals surface area (Å²) in [7, 11) is 0. The molecule has 3 N–H and O–H groups in total. The Kier molecular flexibility index (Phi) is 5.67. The summed E-state index contributed by atoms with van der Waals surface area (Å²) >= 11 is 0. The lowest BCUT2D eigenvalue weighted by atomic mass is 9.97. The lowest BCUT2D eigenvalue weighted by Gasteiger charge is -2.13. The van der Waals surface area contributed by atoms with Crippen LogP contribution in [-0.4, -0.2) is 19.1 Å². The van der Waals surface area contributed by atoms with Gasteiger partial charge in [0.05, 0.1) is 0 Å². The highest BCUT2D eigenvalue weighted by Crippen LogP contribution is 2.20. The first-order chi connectivity index (χ1) is 10.1. The average molecular weight is 288 g/mol. The average Bonchev–Trinajstić information content (AvgIpc) is 2.47. The van der Waals surface area contributed by atoms with Crippen molar-refractivity contribution >= 4 is 11.6 Å². The molecule has 0 aliphatic heterocycles. The van der Waals surface area contributed by atoms with Crippen molar-refractivity contribution in [2.75, 3.05) is 18.9 Å². The highest BCUT2D eigenvalue weighted by atomic mass is 16.5. The molecule has 0 radical (unpaired) electrons. The first-order valence-corrected chi connectivity index (χ1v) is 7.58. The maximum Gasteiger partial charge on any atom is 0.257 e. The van der Waals surface area contributed by atoms with Crippen LogP contribution in [0.25, 0.3) is 0 Å². The van der Waals surface area contributed by atoms with Crippen LogP contribution in [0.1, 0.15) is 37.7 Å². The first-order valence-electron chi connectivity index (χ1n) is 7.58. The highest BCUT2D eigenvalue weighted by molar-refractivity contribution is 5.77. The van der Waals surface area contributed by atoms with Crippen molar-refractivity contribution in [2.24, 2.45) is 0 Å². The zero-order valence-corrected chi connectivity index (χ0v) is 12.7. The van der Waals surface area contributed by atoms with Crippen LogP contribution in [0.15, 0.2) is 29.8 Å². The summed E-state index contributed by atoms with van der Waals surface area (Å²) in [5, 5.41) is 2.90. The molecule has 0 aromatic heterocycles. The molecule has 1 aliphatic rings. The van der Waals surface area contributed by atoms with Gasteiger partial charge in [0.1, 0.15) is 5.75 Å². The highest BCUT2D eigenvalue weighted by Gasteiger charge is 2.07. The van der Waals surface area contributed by atoms with E-state index in [9.17, 15) is 4.79 Å². The molecule has 21 heavy (non-hydrogen) atoms. The maximum absolute atomic E-state index is 11.8. The Morgan fingerprint density at radius 2 is 2.24 bits per heavy atom. The number of amides is 1. The molecule has 4 heteroatoms. The molecule has 0 saturated heterocycles. The lowest BCUT2D eigenvalue weighted by molar-refractivity contribution is -0.123. The van der Waals surface area contributed by atoms with E-state index in [1.807, 2.05) is 13.0 Å². The Morgan fingerprint density at radius 1 is 1.38 bits per heavy atom. The summed E-state index contributed by atoms with van der Waals surface area (Å²) in [6, 6.07) is 5.41. The molecular weight excluding hydrogens is 264 g/mol. The van der Waals surface area contributed by atoms with Crippen molar-refractivity contribution in [3.8, 4) is 5.75 Å². The molecule has 0 saturated carbocycles. The van der Waals surface area contributed by atoms with Gasteiger partial charge in [-0.25, -0.2) is 0 Å². The Bertz CT molecular complexity index is 524. The predicted molar refractivity (Wildman–Crippen MR) is 85.3 cm³/mol. The second-order valence-corrected chi connectivity index (χ2v) is 5.52. The third-order valence-corrected chi connectivity index (χ3v) is 3.71. The standard InChI is InChI=1S/C17H24N2O2/c1-13-11-15(18)7-8-16(13)21-12-17(20)19-10-9-14-5-3-2-4-6-14/h5,7-8,11H,2-4,6,9-10,12,18H2,1H3,(H,19,20). The van der Waals surface area contributed by atoms with Crippen LogP contribution >= 0.6 is 0 Å². The predicted octanol–water partition coefficient (Wildman–Crippen LogP) is 2.96. The van der Waals surface area contributed by atoms with E-state index in [-0.39, 0.29) is 12.5 Å². The van der Waals surface area contributed by atoms with E-state index in [4.69, 9.17) is 10.5 Å². The molecule has 0 bridgehead atoms. The number of nitrogen functional groups attached to an aromatic ring is 1. The van der Waals surface area contributed by atoms with Crippen LogP contribution in [0.3, 0.4) is 0 Å². The molecule has 0 unspecified atom stereocenters. The Hall–Kier alpha value is -1.97. The largest absolute Gasteiger partial charge is 0.484 e. The number of hydrogen-bond acceptors (Lipinski definition) is 3. The van der Waals surface area contributed by atoms with Crippen LogP contribution < -0.4 is 15.8 Å². The number of ether oxygens (including phenoxy) is 1. The third kappa shape index (κ3) is 5.14. The van der Waals surface area contributed by atoms with Crippen molar-refractivity contribution in [2.45, 2.75) is 39.0 Å². The normalized spacial score (nSPS) is 14.4. The zero-order chi connectivity index (χ0) is 15.1. The summed E-state index contributed by atoms with van der Waals surface area (Å²) in [5.74, 6) is 0.622. The minimum absolute atomic E-state index is 0.0454. The topological polar surface area (TPSA) is 64.3 Å². The number of benzene rings is 1. The number of anilines is 1. The van der Waals surface area contributed by atoms with Gasteiger partial charge >= 0.3 is 0 Å². The fraction of sp³-hybridized carbons (Fsp3) is 0.471. The fourth-order valence-corrected chi connectivity index (χ4v) is 2.52. The van der Waals surface area contributed by atoms with Gasteiger partial charge in [-0.1, -0.05) is 11.6 Å². The van der Waals surface area contributed by atoms with Gasteiger partial charge in [-0.05, 0) is 62.8 Å². The second kappa shape index (κ2) is 7.72. The Balaban J connectivity index is 1.68. The maximum atomic E-state index is 11.8. The van der Waals surface area contributed by atoms with Crippen molar-refractivity contribution in [3.63, 3.8) is 0 Å². The van der Waals surface area contributed by atoms with Gasteiger partial charge in [0.15, 0.2) is 6.61 Å². The van der Waals surface area contributed by atoms with Gasteiger partial charge in [-0.2, -0.15) is 0 Å². The molecule has 1 aromatic carbocycles. The number of nitrogens with two attached hydrogens (primary N) is 1. The van der Waals surface area contributed by atoms with Gasteiger partial charge < -0.3 is 15.8 Å². The molecule has 4 nitrogen and oxygen atoms in total. The molecule has 1 aliphatic carbocycles. The minimum Gasteiger partial charge on any atom is -0.484 e. The number of allylic oxidation sites excluding steroid dienone is 1. The van der Waals surface area contributed by atoms with Crippen LogP contribution in [0.5, 0.6) is 5.75 Å². The summed E-state index contributed by atoms with van der Waals surface area (Å²) in [6.45, 7) is 2.65. The minimum atomic E-state index is -0.0809. The van der Waals surface area contributed by atoms with Crippen LogP contribution in [0.4, 0.5) is 5.69 Å². The Labute approximate surface area is 126 Å². The molecule has 114 valence electrons. The van der Waals surface area contributed by atoms with E-state index in [1.54, 1.807) is 12.1 Å². The summed E-state index contributed by atoms with van der Waals surface area (Å²) in [6.07, 6.45) is 8.19. The molecule has 0 spiro atoms. The fourth-order valence-electron chi connectivity index (χ4n) is 2.52. The van der Waals surface area contributed by atoms with Crippen LogP contribution in [0.2, 0.25) is 0 Å². The lowest BCUT2D eigenvalue weighted by Crippen LogP contribution is -2.30. The van der Waals surface area contributed by atoms with Gasteiger partial charge in [0, 0.05) is 12.2 Å². The van der Waals surface area contributed by atoms with Crippen molar-refractivity contribution < 1.29 is 9.53 Å². The number of carbonyl (C=O) groups excluding carboxylic acids is 1. The SMILES string of the molecule is Cc1cc(N)ccc1OCC(=O)NCCC1=CCCCC1. The van der Waals surface area contributed by atoms with Crippen LogP contribution in [0, 0.1) is 6.92 Å². The van der Waals surface area contributed by atoms with E-state index in [0.717, 1.165) is 12.0 Å². The number of hydrogen-bond donors (Lipinski definition) is 2. The number of aryl methyl sites for hydroxylation is 1. The van der Waals surface area contributed by atoms with Gasteiger partial charge in [-0.3, -0.25) is 4.79 Å². The quantitative estimate of drug-likeness (QED) is 0.625. The van der Waals surface area contributed by atoms with Gasteiger partial charge in [0.2, 0.25) is 0 Å². The molecule has 2 rings (SSSR count). The molecule has 0 fully saturated rings. The van der Waals surface area contributed by atoms with Crippen molar-refractivity contribution in [3.05, 3.63) is 35.4 Å². The smallest absolute Gasteiger partial charge is 0.257 e. The van der Waals surface area contributed by atoms with Crippen molar-refractivity contribution in [1.29, 1.82) is 0 Å². The summed E-state index contributed by atoms with van der Waals surface area (Å²) < 4.78 is 5.51. The van der Waals surface area contributed by atoms with E-state index in [0.29, 0.717) is 18.0 Å². The molecule has 1 amide bonds. The zero-order valence-electron chi connectivity index (χ0n) is 12.7. The molecule has 0 heterocycles. The first kappa shape index (κ1) is 15.4. The summed E-state index contributed by atoms with van der Waals surface area (Å²) in [5.41, 5.74) is 8.79. The van der Waals surface area contributed by atoms with E-state index >= 15 is 0 Å². The number of carbonyl (C=O) groups is 1. The second-order valence-electron chi connectivity index (χ2n) is 5.52. The number of nitrogens with one attached hydrogen (secondary N) is 1. The van der Waals surface area contributed by atoms with Crippen LogP contribution in [-0.2, 0) is 4.79 Å². The third-order valence-electron chi connectivity index (χ3n) is 3.71. The van der Waals surface area contributed by atoms with E-state index < -0.39 is 0 Å². The Morgan fingerprint density at radius 3 is 2.95 bits per heavy atom. The molecule has 0 atom stereocenters. The number of rotatable bonds is 6.